The summed E-state index contributed by atoms with van der Waals surface area (Å²) in [7, 11) is 1.56. The molecule has 0 atom stereocenters. The number of hydrogen-bond acceptors (Lipinski definition) is 3. The van der Waals surface area contributed by atoms with Gasteiger partial charge in [-0.05, 0) is 42.3 Å². The molecule has 0 saturated heterocycles. The van der Waals surface area contributed by atoms with E-state index >= 15 is 0 Å². The van der Waals surface area contributed by atoms with Crippen molar-refractivity contribution in [2.75, 3.05) is 12.8 Å². The lowest BCUT2D eigenvalue weighted by molar-refractivity contribution is 0.0951. The van der Waals surface area contributed by atoms with Crippen LogP contribution in [0.3, 0.4) is 0 Å². The number of nitrogen functional groups attached to an aromatic ring is 1. The molecule has 2 aromatic rings. The molecule has 2 aromatic carbocycles. The number of carbonyl (C=O) groups is 1. The number of nitrogens with one attached hydrogen (secondary N) is 1. The Morgan fingerprint density at radius 3 is 2.67 bits per heavy atom. The van der Waals surface area contributed by atoms with Gasteiger partial charge in [0.25, 0.3) is 5.91 Å². The van der Waals surface area contributed by atoms with Gasteiger partial charge in [0.1, 0.15) is 5.75 Å². The highest BCUT2D eigenvalue weighted by Gasteiger charge is 2.10. The number of amides is 1. The van der Waals surface area contributed by atoms with Crippen molar-refractivity contribution in [2.24, 2.45) is 0 Å². The first-order valence-corrected chi connectivity index (χ1v) is 6.86. The van der Waals surface area contributed by atoms with Crippen molar-refractivity contribution in [1.82, 2.24) is 5.32 Å². The second kappa shape index (κ2) is 6.50. The fourth-order valence-electron chi connectivity index (χ4n) is 1.98. The molecule has 0 bridgehead atoms. The van der Waals surface area contributed by atoms with Gasteiger partial charge in [-0.15, -0.1) is 0 Å². The first-order valence-electron chi connectivity index (χ1n) is 6.48. The normalized spacial score (nSPS) is 10.2. The van der Waals surface area contributed by atoms with Gasteiger partial charge in [-0.1, -0.05) is 23.7 Å². The number of halogens is 1. The lowest BCUT2D eigenvalue weighted by atomic mass is 10.1. The highest BCUT2D eigenvalue weighted by atomic mass is 35.5. The summed E-state index contributed by atoms with van der Waals surface area (Å²) < 4.78 is 5.09. The van der Waals surface area contributed by atoms with E-state index in [4.69, 9.17) is 22.1 Å². The largest absolute Gasteiger partial charge is 0.495 e. The van der Waals surface area contributed by atoms with Crippen molar-refractivity contribution in [3.8, 4) is 5.75 Å². The standard InChI is InChI=1S/C16H17ClN2O2/c1-10-3-5-12(13(17)7-10)16(20)19-9-11-4-6-15(21-2)14(18)8-11/h3-8H,9,18H2,1-2H3,(H,19,20). The zero-order valence-electron chi connectivity index (χ0n) is 11.9. The minimum atomic E-state index is -0.214. The smallest absolute Gasteiger partial charge is 0.253 e. The molecule has 0 aliphatic heterocycles. The quantitative estimate of drug-likeness (QED) is 0.853. The molecule has 0 unspecified atom stereocenters. The minimum Gasteiger partial charge on any atom is -0.495 e. The number of ether oxygens (including phenoxy) is 1. The topological polar surface area (TPSA) is 64.3 Å². The number of aryl methyl sites for hydroxylation is 1. The molecule has 1 amide bonds. The van der Waals surface area contributed by atoms with Gasteiger partial charge in [-0.3, -0.25) is 4.79 Å². The molecule has 0 heterocycles. The zero-order valence-corrected chi connectivity index (χ0v) is 12.7. The third-order valence-electron chi connectivity index (χ3n) is 3.12. The molecule has 110 valence electrons. The van der Waals surface area contributed by atoms with Crippen LogP contribution < -0.4 is 15.8 Å². The van der Waals surface area contributed by atoms with Crippen molar-refractivity contribution in [3.63, 3.8) is 0 Å². The van der Waals surface area contributed by atoms with E-state index in [0.717, 1.165) is 11.1 Å². The average molecular weight is 305 g/mol. The summed E-state index contributed by atoms with van der Waals surface area (Å²) in [6.45, 7) is 2.30. The minimum absolute atomic E-state index is 0.214. The molecule has 2 rings (SSSR count). The van der Waals surface area contributed by atoms with Gasteiger partial charge >= 0.3 is 0 Å². The van der Waals surface area contributed by atoms with Crippen LogP contribution in [0.4, 0.5) is 5.69 Å². The molecule has 4 nitrogen and oxygen atoms in total. The summed E-state index contributed by atoms with van der Waals surface area (Å²) in [5, 5.41) is 3.27. The van der Waals surface area contributed by atoms with Crippen molar-refractivity contribution >= 4 is 23.2 Å². The second-order valence-electron chi connectivity index (χ2n) is 4.74. The summed E-state index contributed by atoms with van der Waals surface area (Å²) >= 11 is 6.07. The third kappa shape index (κ3) is 3.67. The first kappa shape index (κ1) is 15.2. The van der Waals surface area contributed by atoms with Gasteiger partial charge in [0.15, 0.2) is 0 Å². The van der Waals surface area contributed by atoms with E-state index in [1.165, 1.54) is 0 Å². The monoisotopic (exact) mass is 304 g/mol. The fourth-order valence-corrected chi connectivity index (χ4v) is 2.30. The van der Waals surface area contributed by atoms with Crippen molar-refractivity contribution < 1.29 is 9.53 Å². The molecule has 0 aliphatic carbocycles. The fraction of sp³-hybridized carbons (Fsp3) is 0.188. The Morgan fingerprint density at radius 1 is 1.29 bits per heavy atom. The molecule has 0 radical (unpaired) electrons. The SMILES string of the molecule is COc1ccc(CNC(=O)c2ccc(C)cc2Cl)cc1N. The number of carbonyl (C=O) groups excluding carboxylic acids is 1. The van der Waals surface area contributed by atoms with Crippen LogP contribution in [0.1, 0.15) is 21.5 Å². The van der Waals surface area contributed by atoms with Gasteiger partial charge in [0.05, 0.1) is 23.4 Å². The molecule has 0 aromatic heterocycles. The summed E-state index contributed by atoms with van der Waals surface area (Å²) in [6.07, 6.45) is 0. The van der Waals surface area contributed by atoms with Crippen molar-refractivity contribution in [1.29, 1.82) is 0 Å². The number of rotatable bonds is 4. The Hall–Kier alpha value is -2.20. The van der Waals surface area contributed by atoms with Gasteiger partial charge in [-0.2, -0.15) is 0 Å². The van der Waals surface area contributed by atoms with Crippen LogP contribution in [0.25, 0.3) is 0 Å². The summed E-state index contributed by atoms with van der Waals surface area (Å²) in [5.41, 5.74) is 8.74. The molecule has 21 heavy (non-hydrogen) atoms. The average Bonchev–Trinajstić information content (AvgIpc) is 2.45. The Labute approximate surface area is 128 Å². The van der Waals surface area contributed by atoms with E-state index < -0.39 is 0 Å². The van der Waals surface area contributed by atoms with Crippen molar-refractivity contribution in [3.05, 3.63) is 58.1 Å². The highest BCUT2D eigenvalue weighted by Crippen LogP contribution is 2.22. The molecular formula is C16H17ClN2O2. The molecule has 0 aliphatic rings. The van der Waals surface area contributed by atoms with E-state index in [9.17, 15) is 4.79 Å². The Kier molecular flexibility index (Phi) is 4.70. The van der Waals surface area contributed by atoms with Gasteiger partial charge in [0.2, 0.25) is 0 Å². The first-order chi connectivity index (χ1) is 10.0. The van der Waals surface area contributed by atoms with Gasteiger partial charge in [0, 0.05) is 6.54 Å². The van der Waals surface area contributed by atoms with E-state index in [2.05, 4.69) is 5.32 Å². The predicted octanol–water partition coefficient (Wildman–Crippen LogP) is 3.17. The lowest BCUT2D eigenvalue weighted by Gasteiger charge is -2.09. The van der Waals surface area contributed by atoms with E-state index in [0.29, 0.717) is 28.6 Å². The molecule has 0 saturated carbocycles. The number of nitrogens with two attached hydrogens (primary N) is 1. The number of benzene rings is 2. The third-order valence-corrected chi connectivity index (χ3v) is 3.43. The molecular weight excluding hydrogens is 288 g/mol. The van der Waals surface area contributed by atoms with Crippen LogP contribution in [0, 0.1) is 6.92 Å². The second-order valence-corrected chi connectivity index (χ2v) is 5.15. The predicted molar refractivity (Wildman–Crippen MR) is 84.8 cm³/mol. The van der Waals surface area contributed by atoms with Crippen LogP contribution in [0.15, 0.2) is 36.4 Å². The van der Waals surface area contributed by atoms with E-state index in [1.807, 2.05) is 19.1 Å². The van der Waals surface area contributed by atoms with Gasteiger partial charge < -0.3 is 15.8 Å². The maximum atomic E-state index is 12.1. The van der Waals surface area contributed by atoms with Crippen LogP contribution in [-0.2, 0) is 6.54 Å². The maximum absolute atomic E-state index is 12.1. The molecule has 5 heteroatoms. The highest BCUT2D eigenvalue weighted by molar-refractivity contribution is 6.33. The Balaban J connectivity index is 2.05. The summed E-state index contributed by atoms with van der Waals surface area (Å²) in [6, 6.07) is 10.7. The van der Waals surface area contributed by atoms with Crippen LogP contribution in [0.2, 0.25) is 5.02 Å². The summed E-state index contributed by atoms with van der Waals surface area (Å²) in [5.74, 6) is 0.404. The molecule has 3 N–H and O–H groups in total. The van der Waals surface area contributed by atoms with E-state index in [-0.39, 0.29) is 5.91 Å². The molecule has 0 fully saturated rings. The zero-order chi connectivity index (χ0) is 15.4. The maximum Gasteiger partial charge on any atom is 0.253 e. The number of anilines is 1. The summed E-state index contributed by atoms with van der Waals surface area (Å²) in [4.78, 5) is 12.1. The van der Waals surface area contributed by atoms with Gasteiger partial charge in [-0.25, -0.2) is 0 Å². The van der Waals surface area contributed by atoms with Crippen molar-refractivity contribution in [2.45, 2.75) is 13.5 Å². The van der Waals surface area contributed by atoms with Crippen LogP contribution >= 0.6 is 11.6 Å². The lowest BCUT2D eigenvalue weighted by Crippen LogP contribution is -2.23. The number of hydrogen-bond donors (Lipinski definition) is 2. The Bertz CT molecular complexity index is 671. The Morgan fingerprint density at radius 2 is 2.05 bits per heavy atom. The van der Waals surface area contributed by atoms with Crippen LogP contribution in [-0.4, -0.2) is 13.0 Å². The number of methoxy groups -OCH3 is 1. The van der Waals surface area contributed by atoms with E-state index in [1.54, 1.807) is 31.4 Å². The van der Waals surface area contributed by atoms with Crippen LogP contribution in [0.5, 0.6) is 5.75 Å². The molecule has 0 spiro atoms.